The van der Waals surface area contributed by atoms with Gasteiger partial charge in [0.1, 0.15) is 11.5 Å². The first-order valence-electron chi connectivity index (χ1n) is 10.5. The third kappa shape index (κ3) is 3.75. The Hall–Kier alpha value is -3.73. The predicted octanol–water partition coefficient (Wildman–Crippen LogP) is 5.40. The van der Waals surface area contributed by atoms with Crippen molar-refractivity contribution in [2.24, 2.45) is 0 Å². The summed E-state index contributed by atoms with van der Waals surface area (Å²) in [6, 6.07) is 20.8. The molecule has 5 heteroatoms. The second kappa shape index (κ2) is 8.19. The number of pyridine rings is 1. The van der Waals surface area contributed by atoms with Gasteiger partial charge in [0.2, 0.25) is 5.91 Å². The van der Waals surface area contributed by atoms with Gasteiger partial charge < -0.3 is 4.74 Å². The van der Waals surface area contributed by atoms with Gasteiger partial charge in [0.15, 0.2) is 5.78 Å². The maximum Gasteiger partial charge on any atom is 0.232 e. The SMILES string of the molecule is O=C1CCCC2=C1C(c1ccncc1)CC(=O)N2c1ccc(Oc2ccccc2)cc1. The molecule has 1 aliphatic heterocycles. The highest BCUT2D eigenvalue weighted by Gasteiger charge is 2.39. The highest BCUT2D eigenvalue weighted by Crippen LogP contribution is 2.43. The van der Waals surface area contributed by atoms with Crippen LogP contribution in [0.5, 0.6) is 11.5 Å². The number of carbonyl (C=O) groups excluding carboxylic acids is 2. The molecule has 0 bridgehead atoms. The number of nitrogens with zero attached hydrogens (tertiary/aromatic N) is 2. The minimum Gasteiger partial charge on any atom is -0.457 e. The van der Waals surface area contributed by atoms with Crippen molar-refractivity contribution in [3.05, 3.63) is 96.0 Å². The number of Topliss-reactive ketones (excluding diaryl/α,β-unsaturated/α-hetero) is 1. The summed E-state index contributed by atoms with van der Waals surface area (Å²) in [5, 5.41) is 0. The number of aromatic nitrogens is 1. The molecule has 0 spiro atoms. The van der Waals surface area contributed by atoms with Crippen LogP contribution in [0.1, 0.15) is 37.2 Å². The van der Waals surface area contributed by atoms with Gasteiger partial charge in [0, 0.05) is 48.1 Å². The molecule has 0 N–H and O–H groups in total. The van der Waals surface area contributed by atoms with E-state index in [1.807, 2.05) is 66.7 Å². The maximum atomic E-state index is 13.2. The number of benzene rings is 2. The molecule has 31 heavy (non-hydrogen) atoms. The van der Waals surface area contributed by atoms with Gasteiger partial charge in [-0.2, -0.15) is 0 Å². The number of hydrogen-bond donors (Lipinski definition) is 0. The van der Waals surface area contributed by atoms with Crippen molar-refractivity contribution in [3.63, 3.8) is 0 Å². The van der Waals surface area contributed by atoms with Crippen LogP contribution in [-0.4, -0.2) is 16.7 Å². The van der Waals surface area contributed by atoms with E-state index < -0.39 is 0 Å². The maximum absolute atomic E-state index is 13.2. The lowest BCUT2D eigenvalue weighted by Gasteiger charge is -2.38. The minimum atomic E-state index is -0.199. The molecule has 1 aliphatic carbocycles. The van der Waals surface area contributed by atoms with Crippen LogP contribution < -0.4 is 9.64 Å². The van der Waals surface area contributed by atoms with Crippen molar-refractivity contribution in [2.75, 3.05) is 4.90 Å². The molecule has 1 atom stereocenters. The van der Waals surface area contributed by atoms with Gasteiger partial charge in [-0.3, -0.25) is 19.5 Å². The molecule has 154 valence electrons. The normalized spacial score (nSPS) is 18.7. The van der Waals surface area contributed by atoms with Gasteiger partial charge in [-0.15, -0.1) is 0 Å². The highest BCUT2D eigenvalue weighted by atomic mass is 16.5. The largest absolute Gasteiger partial charge is 0.457 e. The third-order valence-corrected chi connectivity index (χ3v) is 5.86. The van der Waals surface area contributed by atoms with E-state index in [4.69, 9.17) is 4.74 Å². The molecule has 1 aromatic heterocycles. The number of para-hydroxylation sites is 1. The summed E-state index contributed by atoms with van der Waals surface area (Å²) in [5.74, 6) is 1.40. The molecule has 0 saturated carbocycles. The molecule has 0 fully saturated rings. The van der Waals surface area contributed by atoms with Crippen molar-refractivity contribution in [2.45, 2.75) is 31.6 Å². The molecule has 2 aliphatic rings. The van der Waals surface area contributed by atoms with Gasteiger partial charge in [0.05, 0.1) is 0 Å². The molecule has 3 aromatic rings. The van der Waals surface area contributed by atoms with Crippen LogP contribution in [0.4, 0.5) is 5.69 Å². The average molecular weight is 410 g/mol. The van der Waals surface area contributed by atoms with Crippen LogP contribution in [0, 0.1) is 0 Å². The molecule has 5 rings (SSSR count). The number of hydrogen-bond acceptors (Lipinski definition) is 4. The Kier molecular flexibility index (Phi) is 5.08. The first-order chi connectivity index (χ1) is 15.2. The van der Waals surface area contributed by atoms with Gasteiger partial charge in [-0.1, -0.05) is 18.2 Å². The van der Waals surface area contributed by atoms with Crippen LogP contribution in [-0.2, 0) is 9.59 Å². The van der Waals surface area contributed by atoms with E-state index >= 15 is 0 Å². The van der Waals surface area contributed by atoms with E-state index in [1.54, 1.807) is 17.3 Å². The number of ether oxygens (including phenoxy) is 1. The standard InChI is InChI=1S/C26H22N2O3/c29-24-8-4-7-23-26(24)22(18-13-15-27-16-14-18)17-25(30)28(23)19-9-11-21(12-10-19)31-20-5-2-1-3-6-20/h1-3,5-6,9-16,22H,4,7-8,17H2. The molecule has 0 radical (unpaired) electrons. The number of anilines is 1. The fraction of sp³-hybridized carbons (Fsp3) is 0.192. The summed E-state index contributed by atoms with van der Waals surface area (Å²) in [7, 11) is 0. The Morgan fingerprint density at radius 1 is 0.839 bits per heavy atom. The summed E-state index contributed by atoms with van der Waals surface area (Å²) in [5.41, 5.74) is 3.35. The number of amides is 1. The number of carbonyl (C=O) groups is 2. The summed E-state index contributed by atoms with van der Waals surface area (Å²) >= 11 is 0. The quantitative estimate of drug-likeness (QED) is 0.578. The van der Waals surface area contributed by atoms with Crippen LogP contribution >= 0.6 is 0 Å². The van der Waals surface area contributed by atoms with Crippen LogP contribution in [0.3, 0.4) is 0 Å². The summed E-state index contributed by atoms with van der Waals surface area (Å²) in [6.45, 7) is 0. The second-order valence-electron chi connectivity index (χ2n) is 7.81. The Bertz CT molecular complexity index is 1140. The van der Waals surface area contributed by atoms with Crippen molar-refractivity contribution in [1.82, 2.24) is 4.98 Å². The van der Waals surface area contributed by atoms with Gasteiger partial charge in [-0.05, 0) is 66.9 Å². The lowest BCUT2D eigenvalue weighted by molar-refractivity contribution is -0.119. The van der Waals surface area contributed by atoms with E-state index in [2.05, 4.69) is 4.98 Å². The lowest BCUT2D eigenvalue weighted by Crippen LogP contribution is -2.40. The first kappa shape index (κ1) is 19.2. The molecule has 2 aromatic carbocycles. The van der Waals surface area contributed by atoms with Crippen molar-refractivity contribution in [1.29, 1.82) is 0 Å². The summed E-state index contributed by atoms with van der Waals surface area (Å²) in [6.07, 6.45) is 5.72. The Morgan fingerprint density at radius 3 is 2.29 bits per heavy atom. The molecule has 5 nitrogen and oxygen atoms in total. The highest BCUT2D eigenvalue weighted by molar-refractivity contribution is 6.07. The monoisotopic (exact) mass is 410 g/mol. The zero-order valence-electron chi connectivity index (χ0n) is 17.0. The Morgan fingerprint density at radius 2 is 1.55 bits per heavy atom. The Labute approximate surface area is 181 Å². The predicted molar refractivity (Wildman–Crippen MR) is 118 cm³/mol. The third-order valence-electron chi connectivity index (χ3n) is 5.86. The van der Waals surface area contributed by atoms with E-state index in [0.29, 0.717) is 12.2 Å². The van der Waals surface area contributed by atoms with Crippen molar-refractivity contribution < 1.29 is 14.3 Å². The molecular formula is C26H22N2O3. The zero-order chi connectivity index (χ0) is 21.2. The van der Waals surface area contributed by atoms with Crippen molar-refractivity contribution in [3.8, 4) is 11.5 Å². The van der Waals surface area contributed by atoms with Crippen LogP contribution in [0.25, 0.3) is 0 Å². The van der Waals surface area contributed by atoms with Crippen LogP contribution in [0.15, 0.2) is 90.4 Å². The topological polar surface area (TPSA) is 59.5 Å². The fourth-order valence-electron chi connectivity index (χ4n) is 4.46. The van der Waals surface area contributed by atoms with E-state index in [0.717, 1.165) is 41.1 Å². The summed E-state index contributed by atoms with van der Waals surface area (Å²) < 4.78 is 5.87. The first-order valence-corrected chi connectivity index (χ1v) is 10.5. The number of ketones is 1. The van der Waals surface area contributed by atoms with E-state index in [9.17, 15) is 9.59 Å². The van der Waals surface area contributed by atoms with E-state index in [-0.39, 0.29) is 24.0 Å². The number of allylic oxidation sites excluding steroid dienone is 2. The Balaban J connectivity index is 1.49. The van der Waals surface area contributed by atoms with Crippen LogP contribution in [0.2, 0.25) is 0 Å². The fourth-order valence-corrected chi connectivity index (χ4v) is 4.46. The minimum absolute atomic E-state index is 0.00647. The summed E-state index contributed by atoms with van der Waals surface area (Å²) in [4.78, 5) is 32.0. The van der Waals surface area contributed by atoms with Gasteiger partial charge in [0.25, 0.3) is 0 Å². The zero-order valence-corrected chi connectivity index (χ0v) is 17.0. The lowest BCUT2D eigenvalue weighted by atomic mass is 9.77. The van der Waals surface area contributed by atoms with Gasteiger partial charge >= 0.3 is 0 Å². The second-order valence-corrected chi connectivity index (χ2v) is 7.81. The molecule has 1 unspecified atom stereocenters. The smallest absolute Gasteiger partial charge is 0.232 e. The van der Waals surface area contributed by atoms with Gasteiger partial charge in [-0.25, -0.2) is 0 Å². The molecule has 0 saturated heterocycles. The molecule has 1 amide bonds. The van der Waals surface area contributed by atoms with Crippen molar-refractivity contribution >= 4 is 17.4 Å². The number of rotatable bonds is 4. The molecular weight excluding hydrogens is 388 g/mol. The average Bonchev–Trinajstić information content (AvgIpc) is 2.81. The molecule has 2 heterocycles. The van der Waals surface area contributed by atoms with E-state index in [1.165, 1.54) is 0 Å².